The zero-order valence-electron chi connectivity index (χ0n) is 14.3. The Morgan fingerprint density at radius 2 is 1.64 bits per heavy atom. The molecule has 2 N–H and O–H groups in total. The van der Waals surface area contributed by atoms with Crippen molar-refractivity contribution in [1.29, 1.82) is 0 Å². The smallest absolute Gasteiger partial charge is 0.251 e. The lowest BCUT2D eigenvalue weighted by Crippen LogP contribution is -2.42. The predicted molar refractivity (Wildman–Crippen MR) is 94.8 cm³/mol. The highest BCUT2D eigenvalue weighted by atomic mass is 16.5. The van der Waals surface area contributed by atoms with Crippen LogP contribution < -0.4 is 15.4 Å². The minimum atomic E-state index is -0.319. The second-order valence-electron chi connectivity index (χ2n) is 5.55. The zero-order valence-corrected chi connectivity index (χ0v) is 14.3. The Balaban J connectivity index is 1.83. The number of hydrogen-bond acceptors (Lipinski definition) is 4. The summed E-state index contributed by atoms with van der Waals surface area (Å²) in [6, 6.07) is 16.0. The van der Waals surface area contributed by atoms with E-state index in [2.05, 4.69) is 10.6 Å². The molecule has 2 amide bonds. The van der Waals surface area contributed by atoms with Crippen molar-refractivity contribution in [3.8, 4) is 11.5 Å². The van der Waals surface area contributed by atoms with Gasteiger partial charge in [0.25, 0.3) is 5.91 Å². The Labute approximate surface area is 147 Å². The van der Waals surface area contributed by atoms with Gasteiger partial charge in [-0.3, -0.25) is 9.59 Å². The summed E-state index contributed by atoms with van der Waals surface area (Å²) in [5.74, 6) is 0.776. The van der Waals surface area contributed by atoms with E-state index in [9.17, 15) is 9.59 Å². The number of rotatable bonds is 8. The van der Waals surface area contributed by atoms with E-state index >= 15 is 0 Å². The molecule has 0 unspecified atom stereocenters. The number of nitrogens with one attached hydrogen (secondary N) is 2. The molecule has 0 spiro atoms. The molecule has 0 saturated heterocycles. The Morgan fingerprint density at radius 1 is 1.00 bits per heavy atom. The molecular formula is C19H22N2O4. The third kappa shape index (κ3) is 6.27. The normalized spacial score (nSPS) is 11.4. The van der Waals surface area contributed by atoms with Crippen LogP contribution in [0, 0.1) is 0 Å². The molecule has 132 valence electrons. The zero-order chi connectivity index (χ0) is 18.1. The maximum Gasteiger partial charge on any atom is 0.251 e. The maximum atomic E-state index is 12.1. The van der Waals surface area contributed by atoms with Gasteiger partial charge in [-0.2, -0.15) is 0 Å². The first-order valence-corrected chi connectivity index (χ1v) is 7.98. The SMILES string of the molecule is COC[C@H](C)NC(=O)CNC(=O)c1ccc(Oc2ccccc2)cc1. The standard InChI is InChI=1S/C19H22N2O4/c1-14(13-24-2)21-18(22)12-20-19(23)15-8-10-17(11-9-15)25-16-6-4-3-5-7-16/h3-11,14H,12-13H2,1-2H3,(H,20,23)(H,21,22)/t14-/m0/s1. The third-order valence-electron chi connectivity index (χ3n) is 3.33. The fourth-order valence-electron chi connectivity index (χ4n) is 2.18. The number of benzene rings is 2. The average molecular weight is 342 g/mol. The van der Waals surface area contributed by atoms with E-state index < -0.39 is 0 Å². The van der Waals surface area contributed by atoms with Crippen molar-refractivity contribution >= 4 is 11.8 Å². The van der Waals surface area contributed by atoms with Crippen LogP contribution in [0.25, 0.3) is 0 Å². The fourth-order valence-corrected chi connectivity index (χ4v) is 2.18. The maximum absolute atomic E-state index is 12.1. The molecule has 0 bridgehead atoms. The van der Waals surface area contributed by atoms with Crippen molar-refractivity contribution in [2.24, 2.45) is 0 Å². The van der Waals surface area contributed by atoms with Crippen LogP contribution in [0.2, 0.25) is 0 Å². The van der Waals surface area contributed by atoms with E-state index in [1.165, 1.54) is 0 Å². The molecule has 2 rings (SSSR count). The van der Waals surface area contributed by atoms with Crippen LogP contribution >= 0.6 is 0 Å². The number of para-hydroxylation sites is 1. The van der Waals surface area contributed by atoms with E-state index in [0.29, 0.717) is 17.9 Å². The molecule has 0 aliphatic heterocycles. The van der Waals surface area contributed by atoms with Gasteiger partial charge in [-0.15, -0.1) is 0 Å². The predicted octanol–water partition coefficient (Wildman–Crippen LogP) is 2.36. The summed E-state index contributed by atoms with van der Waals surface area (Å²) in [7, 11) is 1.57. The molecule has 0 aliphatic rings. The van der Waals surface area contributed by atoms with E-state index in [0.717, 1.165) is 5.75 Å². The molecule has 0 fully saturated rings. The second kappa shape index (κ2) is 9.44. The topological polar surface area (TPSA) is 76.7 Å². The van der Waals surface area contributed by atoms with Crippen LogP contribution in [0.4, 0.5) is 0 Å². The molecule has 1 atom stereocenters. The van der Waals surface area contributed by atoms with E-state index in [1.54, 1.807) is 31.4 Å². The Hall–Kier alpha value is -2.86. The molecule has 0 aromatic heterocycles. The molecule has 6 heteroatoms. The number of amides is 2. The van der Waals surface area contributed by atoms with Gasteiger partial charge in [0, 0.05) is 18.7 Å². The summed E-state index contributed by atoms with van der Waals surface area (Å²) >= 11 is 0. The van der Waals surface area contributed by atoms with Gasteiger partial charge in [0.1, 0.15) is 11.5 Å². The first-order valence-electron chi connectivity index (χ1n) is 7.98. The van der Waals surface area contributed by atoms with Crippen molar-refractivity contribution in [1.82, 2.24) is 10.6 Å². The van der Waals surface area contributed by atoms with E-state index in [4.69, 9.17) is 9.47 Å². The lowest BCUT2D eigenvalue weighted by atomic mass is 10.2. The highest BCUT2D eigenvalue weighted by Crippen LogP contribution is 2.20. The Morgan fingerprint density at radius 3 is 2.28 bits per heavy atom. The van der Waals surface area contributed by atoms with Gasteiger partial charge in [0.05, 0.1) is 13.2 Å². The van der Waals surface area contributed by atoms with Crippen molar-refractivity contribution in [2.75, 3.05) is 20.3 Å². The quantitative estimate of drug-likeness (QED) is 0.772. The molecule has 25 heavy (non-hydrogen) atoms. The fraction of sp³-hybridized carbons (Fsp3) is 0.263. The first kappa shape index (κ1) is 18.5. The van der Waals surface area contributed by atoms with Gasteiger partial charge in [0.2, 0.25) is 5.91 Å². The van der Waals surface area contributed by atoms with Crippen LogP contribution in [0.15, 0.2) is 54.6 Å². The average Bonchev–Trinajstić information content (AvgIpc) is 2.61. The van der Waals surface area contributed by atoms with Gasteiger partial charge in [0.15, 0.2) is 0 Å². The van der Waals surface area contributed by atoms with E-state index in [-0.39, 0.29) is 24.4 Å². The lowest BCUT2D eigenvalue weighted by Gasteiger charge is -2.13. The molecule has 2 aromatic rings. The summed E-state index contributed by atoms with van der Waals surface area (Å²) in [4.78, 5) is 23.8. The molecular weight excluding hydrogens is 320 g/mol. The molecule has 6 nitrogen and oxygen atoms in total. The minimum Gasteiger partial charge on any atom is -0.457 e. The minimum absolute atomic E-state index is 0.0881. The first-order chi connectivity index (χ1) is 12.1. The van der Waals surface area contributed by atoms with Crippen LogP contribution in [-0.4, -0.2) is 38.1 Å². The summed E-state index contributed by atoms with van der Waals surface area (Å²) in [6.45, 7) is 2.16. The highest BCUT2D eigenvalue weighted by Gasteiger charge is 2.10. The molecule has 2 aromatic carbocycles. The van der Waals surface area contributed by atoms with Crippen LogP contribution in [0.3, 0.4) is 0 Å². The lowest BCUT2D eigenvalue weighted by molar-refractivity contribution is -0.121. The van der Waals surface area contributed by atoms with Crippen LogP contribution in [0.5, 0.6) is 11.5 Å². The molecule has 0 heterocycles. The number of methoxy groups -OCH3 is 1. The largest absolute Gasteiger partial charge is 0.457 e. The monoisotopic (exact) mass is 342 g/mol. The van der Waals surface area contributed by atoms with Crippen LogP contribution in [0.1, 0.15) is 17.3 Å². The number of ether oxygens (including phenoxy) is 2. The molecule has 0 aliphatic carbocycles. The summed E-state index contributed by atoms with van der Waals surface area (Å²) in [5.41, 5.74) is 0.457. The van der Waals surface area contributed by atoms with Crippen LogP contribution in [-0.2, 0) is 9.53 Å². The van der Waals surface area contributed by atoms with Crippen molar-refractivity contribution in [3.63, 3.8) is 0 Å². The Kier molecular flexibility index (Phi) is 6.98. The highest BCUT2D eigenvalue weighted by molar-refractivity contribution is 5.96. The van der Waals surface area contributed by atoms with Crippen molar-refractivity contribution in [3.05, 3.63) is 60.2 Å². The Bertz CT molecular complexity index is 686. The van der Waals surface area contributed by atoms with Gasteiger partial charge in [-0.05, 0) is 43.3 Å². The second-order valence-corrected chi connectivity index (χ2v) is 5.55. The third-order valence-corrected chi connectivity index (χ3v) is 3.33. The van der Waals surface area contributed by atoms with Gasteiger partial charge in [-0.25, -0.2) is 0 Å². The summed E-state index contributed by atoms with van der Waals surface area (Å²) in [6.07, 6.45) is 0. The molecule has 0 saturated carbocycles. The number of carbonyl (C=O) groups is 2. The van der Waals surface area contributed by atoms with E-state index in [1.807, 2.05) is 37.3 Å². The van der Waals surface area contributed by atoms with Crippen molar-refractivity contribution < 1.29 is 19.1 Å². The van der Waals surface area contributed by atoms with Gasteiger partial charge >= 0.3 is 0 Å². The summed E-state index contributed by atoms with van der Waals surface area (Å²) in [5, 5.41) is 5.31. The van der Waals surface area contributed by atoms with Gasteiger partial charge in [-0.1, -0.05) is 18.2 Å². The van der Waals surface area contributed by atoms with Gasteiger partial charge < -0.3 is 20.1 Å². The molecule has 0 radical (unpaired) electrons. The number of carbonyl (C=O) groups excluding carboxylic acids is 2. The number of hydrogen-bond donors (Lipinski definition) is 2. The summed E-state index contributed by atoms with van der Waals surface area (Å²) < 4.78 is 10.6. The van der Waals surface area contributed by atoms with Crippen molar-refractivity contribution in [2.45, 2.75) is 13.0 Å².